The first-order valence-corrected chi connectivity index (χ1v) is 17.6. The third-order valence-corrected chi connectivity index (χ3v) is 10.8. The molecule has 0 heteroatoms. The van der Waals surface area contributed by atoms with Crippen LogP contribution in [0.2, 0.25) is 0 Å². The molecule has 1 unspecified atom stereocenters. The molecule has 0 spiro atoms. The van der Waals surface area contributed by atoms with E-state index in [1.54, 1.807) is 0 Å². The van der Waals surface area contributed by atoms with Crippen LogP contribution in [0.1, 0.15) is 62.6 Å². The Morgan fingerprint density at radius 1 is 0.327 bits per heavy atom. The third kappa shape index (κ3) is 5.22. The highest BCUT2D eigenvalue weighted by Gasteiger charge is 2.41. The summed E-state index contributed by atoms with van der Waals surface area (Å²) in [7, 11) is 0. The predicted molar refractivity (Wildman–Crippen MR) is 211 cm³/mol. The van der Waals surface area contributed by atoms with Crippen molar-refractivity contribution in [2.24, 2.45) is 0 Å². The molecular weight excluding hydrogens is 589 g/mol. The molecule has 0 heterocycles. The van der Waals surface area contributed by atoms with E-state index < -0.39 is 0 Å². The van der Waals surface area contributed by atoms with Crippen LogP contribution in [0.25, 0.3) is 55.3 Å². The molecule has 0 amide bonds. The molecule has 0 aromatic heterocycles. The van der Waals surface area contributed by atoms with E-state index in [1.807, 2.05) is 0 Å². The second-order valence-corrected chi connectivity index (χ2v) is 15.0. The molecule has 0 N–H and O–H groups in total. The highest BCUT2D eigenvalue weighted by atomic mass is 14.4. The zero-order chi connectivity index (χ0) is 34.2. The van der Waals surface area contributed by atoms with Crippen molar-refractivity contribution in [3.05, 3.63) is 177 Å². The fraction of sp³-hybridized carbons (Fsp3) is 0.184. The van der Waals surface area contributed by atoms with Crippen molar-refractivity contribution in [1.82, 2.24) is 0 Å². The van der Waals surface area contributed by atoms with Gasteiger partial charge in [-0.3, -0.25) is 0 Å². The predicted octanol–water partition coefficient (Wildman–Crippen LogP) is 13.3. The molecule has 1 aliphatic carbocycles. The van der Waals surface area contributed by atoms with Crippen LogP contribution in [0.4, 0.5) is 0 Å². The quantitative estimate of drug-likeness (QED) is 0.181. The number of rotatable bonds is 4. The van der Waals surface area contributed by atoms with Crippen LogP contribution >= 0.6 is 0 Å². The fourth-order valence-corrected chi connectivity index (χ4v) is 8.60. The molecule has 7 aromatic carbocycles. The van der Waals surface area contributed by atoms with Gasteiger partial charge in [-0.05, 0) is 151 Å². The van der Waals surface area contributed by atoms with Crippen LogP contribution < -0.4 is 0 Å². The largest absolute Gasteiger partial charge is 0.0617 e. The zero-order valence-corrected chi connectivity index (χ0v) is 30.0. The van der Waals surface area contributed by atoms with E-state index in [-0.39, 0.29) is 5.41 Å². The minimum Gasteiger partial charge on any atom is -0.0617 e. The summed E-state index contributed by atoms with van der Waals surface area (Å²) in [6, 6.07) is 46.9. The maximum absolute atomic E-state index is 2.49. The number of fused-ring (bicyclic) bond motifs is 4. The first-order chi connectivity index (χ1) is 23.5. The Hall–Kier alpha value is -5.20. The second kappa shape index (κ2) is 11.5. The molecule has 0 aliphatic heterocycles. The van der Waals surface area contributed by atoms with Crippen LogP contribution in [-0.2, 0) is 5.41 Å². The number of hydrogen-bond donors (Lipinski definition) is 0. The van der Waals surface area contributed by atoms with Crippen LogP contribution in [-0.4, -0.2) is 0 Å². The second-order valence-electron chi connectivity index (χ2n) is 15.0. The lowest BCUT2D eigenvalue weighted by atomic mass is 9.73. The average Bonchev–Trinajstić information content (AvgIpc) is 3.30. The SMILES string of the molecule is Cc1cc(C)cc(-c2cc(-c3ccc4c(c3)C(C)(c3cccc(C)c3)c3cc(C)ccc3-4)cc3c(-c4cc(C)cc(C)c4)cc(C)cc23)c1. The smallest absolute Gasteiger partial charge is 0.0435 e. The Balaban J connectivity index is 1.43. The Morgan fingerprint density at radius 2 is 0.857 bits per heavy atom. The summed E-state index contributed by atoms with van der Waals surface area (Å²) in [5.41, 5.74) is 23.2. The van der Waals surface area contributed by atoms with Crippen molar-refractivity contribution >= 4 is 10.8 Å². The minimum absolute atomic E-state index is 0.257. The van der Waals surface area contributed by atoms with E-state index in [0.29, 0.717) is 0 Å². The van der Waals surface area contributed by atoms with Crippen molar-refractivity contribution in [2.75, 3.05) is 0 Å². The molecule has 0 saturated heterocycles. The van der Waals surface area contributed by atoms with E-state index in [4.69, 9.17) is 0 Å². The molecule has 1 atom stereocenters. The van der Waals surface area contributed by atoms with Gasteiger partial charge in [0.15, 0.2) is 0 Å². The van der Waals surface area contributed by atoms with Crippen molar-refractivity contribution in [2.45, 2.75) is 60.8 Å². The highest BCUT2D eigenvalue weighted by molar-refractivity contribution is 6.07. The van der Waals surface area contributed by atoms with Gasteiger partial charge in [-0.1, -0.05) is 137 Å². The summed E-state index contributed by atoms with van der Waals surface area (Å²) in [6.45, 7) is 17.9. The lowest BCUT2D eigenvalue weighted by Crippen LogP contribution is -2.22. The molecule has 7 aromatic rings. The van der Waals surface area contributed by atoms with Gasteiger partial charge in [-0.25, -0.2) is 0 Å². The van der Waals surface area contributed by atoms with Gasteiger partial charge in [0.2, 0.25) is 0 Å². The molecule has 240 valence electrons. The standard InChI is InChI=1S/C49H44/c1-29-10-9-11-40(22-29)49(8)47-25-30(2)12-14-41(47)42-15-13-36(28-48(42)49)37-26-44(39-20-33(5)17-34(6)21-39)45-24-35(7)23-43(46(45)27-37)38-18-31(3)16-32(4)19-38/h9-28H,1-8H3. The maximum Gasteiger partial charge on any atom is 0.0435 e. The first-order valence-electron chi connectivity index (χ1n) is 17.6. The minimum atomic E-state index is -0.257. The van der Waals surface area contributed by atoms with Gasteiger partial charge in [0.25, 0.3) is 0 Å². The van der Waals surface area contributed by atoms with Gasteiger partial charge in [0.1, 0.15) is 0 Å². The third-order valence-electron chi connectivity index (χ3n) is 10.8. The fourth-order valence-electron chi connectivity index (χ4n) is 8.60. The van der Waals surface area contributed by atoms with E-state index in [9.17, 15) is 0 Å². The number of benzene rings is 7. The van der Waals surface area contributed by atoms with Gasteiger partial charge in [-0.2, -0.15) is 0 Å². The van der Waals surface area contributed by atoms with Crippen molar-refractivity contribution in [3.8, 4) is 44.5 Å². The monoisotopic (exact) mass is 632 g/mol. The van der Waals surface area contributed by atoms with Crippen molar-refractivity contribution < 1.29 is 0 Å². The summed E-state index contributed by atoms with van der Waals surface area (Å²) in [5, 5.41) is 2.60. The molecule has 8 rings (SSSR count). The molecule has 0 fully saturated rings. The summed E-state index contributed by atoms with van der Waals surface area (Å²) >= 11 is 0. The van der Waals surface area contributed by atoms with E-state index >= 15 is 0 Å². The van der Waals surface area contributed by atoms with Crippen molar-refractivity contribution in [3.63, 3.8) is 0 Å². The van der Waals surface area contributed by atoms with Crippen LogP contribution in [0, 0.1) is 48.5 Å². The van der Waals surface area contributed by atoms with Gasteiger partial charge in [0, 0.05) is 5.41 Å². The summed E-state index contributed by atoms with van der Waals surface area (Å²) in [4.78, 5) is 0. The van der Waals surface area contributed by atoms with Crippen molar-refractivity contribution in [1.29, 1.82) is 0 Å². The summed E-state index contributed by atoms with van der Waals surface area (Å²) < 4.78 is 0. The molecular formula is C49H44. The van der Waals surface area contributed by atoms with Crippen LogP contribution in [0.5, 0.6) is 0 Å². The summed E-state index contributed by atoms with van der Waals surface area (Å²) in [6.07, 6.45) is 0. The first kappa shape index (κ1) is 31.1. The topological polar surface area (TPSA) is 0 Å². The maximum atomic E-state index is 2.49. The van der Waals surface area contributed by atoms with Gasteiger partial charge in [-0.15, -0.1) is 0 Å². The van der Waals surface area contributed by atoms with Crippen LogP contribution in [0.3, 0.4) is 0 Å². The van der Waals surface area contributed by atoms with E-state index in [0.717, 1.165) is 0 Å². The molecule has 0 bridgehead atoms. The number of hydrogen-bond acceptors (Lipinski definition) is 0. The highest BCUT2D eigenvalue weighted by Crippen LogP contribution is 2.54. The summed E-state index contributed by atoms with van der Waals surface area (Å²) in [5.74, 6) is 0. The van der Waals surface area contributed by atoms with E-state index in [1.165, 1.54) is 111 Å². The van der Waals surface area contributed by atoms with Gasteiger partial charge < -0.3 is 0 Å². The zero-order valence-electron chi connectivity index (χ0n) is 30.0. The molecule has 0 nitrogen and oxygen atoms in total. The number of aryl methyl sites for hydroxylation is 7. The average molecular weight is 633 g/mol. The van der Waals surface area contributed by atoms with Gasteiger partial charge in [0.05, 0.1) is 0 Å². The van der Waals surface area contributed by atoms with Gasteiger partial charge >= 0.3 is 0 Å². The molecule has 49 heavy (non-hydrogen) atoms. The Bertz CT molecular complexity index is 2430. The lowest BCUT2D eigenvalue weighted by molar-refractivity contribution is 0.712. The molecule has 0 radical (unpaired) electrons. The normalized spacial score (nSPS) is 15.0. The lowest BCUT2D eigenvalue weighted by Gasteiger charge is -2.29. The Labute approximate surface area is 292 Å². The van der Waals surface area contributed by atoms with Crippen LogP contribution in [0.15, 0.2) is 121 Å². The molecule has 1 aliphatic rings. The molecule has 0 saturated carbocycles. The van der Waals surface area contributed by atoms with E-state index in [2.05, 4.69) is 177 Å². The Kier molecular flexibility index (Phi) is 7.27. The Morgan fingerprint density at radius 3 is 1.49 bits per heavy atom.